The summed E-state index contributed by atoms with van der Waals surface area (Å²) in [5.74, 6) is -0.270. The van der Waals surface area contributed by atoms with Gasteiger partial charge in [0.05, 0.1) is 19.4 Å². The van der Waals surface area contributed by atoms with Crippen molar-refractivity contribution in [2.24, 2.45) is 0 Å². The summed E-state index contributed by atoms with van der Waals surface area (Å²) in [4.78, 5) is 11.9. The van der Waals surface area contributed by atoms with E-state index in [1.165, 1.54) is 22.6 Å². The molecule has 1 aliphatic rings. The number of aromatic amines is 1. The molecule has 0 aliphatic carbocycles. The molecule has 2 aromatic heterocycles. The number of rotatable bonds is 4. The van der Waals surface area contributed by atoms with Gasteiger partial charge in [0.1, 0.15) is 5.82 Å². The summed E-state index contributed by atoms with van der Waals surface area (Å²) in [5.41, 5.74) is 0. The second-order valence-electron chi connectivity index (χ2n) is 4.56. The van der Waals surface area contributed by atoms with Crippen molar-refractivity contribution in [1.29, 1.82) is 0 Å². The van der Waals surface area contributed by atoms with Crippen LogP contribution in [-0.2, 0) is 14.8 Å². The van der Waals surface area contributed by atoms with Crippen molar-refractivity contribution in [3.63, 3.8) is 0 Å². The normalized spacial score (nSPS) is 16.5. The Bertz CT molecular complexity index is 746. The third-order valence-corrected chi connectivity index (χ3v) is 4.89. The van der Waals surface area contributed by atoms with Gasteiger partial charge in [0, 0.05) is 19.2 Å². The lowest BCUT2D eigenvalue weighted by atomic mass is 10.4. The van der Waals surface area contributed by atoms with Crippen LogP contribution in [0.15, 0.2) is 33.9 Å². The van der Waals surface area contributed by atoms with Gasteiger partial charge in [0.15, 0.2) is 5.76 Å². The van der Waals surface area contributed by atoms with Crippen molar-refractivity contribution in [3.8, 4) is 0 Å². The molecular weight excluding hydrogens is 312 g/mol. The monoisotopic (exact) mass is 326 g/mol. The van der Waals surface area contributed by atoms with Gasteiger partial charge in [-0.25, -0.2) is 8.42 Å². The Hall–Kier alpha value is -2.17. The summed E-state index contributed by atoms with van der Waals surface area (Å²) in [7, 11) is -3.75. The van der Waals surface area contributed by atoms with Gasteiger partial charge in [-0.15, -0.1) is 0 Å². The topological polar surface area (TPSA) is 118 Å². The zero-order chi connectivity index (χ0) is 15.6. The summed E-state index contributed by atoms with van der Waals surface area (Å²) < 4.78 is 36.3. The van der Waals surface area contributed by atoms with Crippen molar-refractivity contribution in [3.05, 3.63) is 30.2 Å². The second kappa shape index (κ2) is 5.91. The largest absolute Gasteiger partial charge is 0.438 e. The van der Waals surface area contributed by atoms with E-state index in [1.54, 1.807) is 6.07 Å². The maximum atomic E-state index is 12.4. The second-order valence-corrected chi connectivity index (χ2v) is 6.43. The number of carbonyl (C=O) groups excluding carboxylic acids is 1. The quantitative estimate of drug-likeness (QED) is 0.833. The van der Waals surface area contributed by atoms with E-state index in [4.69, 9.17) is 9.15 Å². The summed E-state index contributed by atoms with van der Waals surface area (Å²) >= 11 is 0. The van der Waals surface area contributed by atoms with Crippen LogP contribution in [0.5, 0.6) is 0 Å². The van der Waals surface area contributed by atoms with Gasteiger partial charge in [-0.1, -0.05) is 0 Å². The summed E-state index contributed by atoms with van der Waals surface area (Å²) in [6, 6.07) is 4.15. The van der Waals surface area contributed by atoms with E-state index in [0.29, 0.717) is 19.0 Å². The average molecular weight is 326 g/mol. The maximum Gasteiger partial charge on any atom is 0.292 e. The minimum Gasteiger partial charge on any atom is -0.438 e. The smallest absolute Gasteiger partial charge is 0.292 e. The molecule has 118 valence electrons. The SMILES string of the molecule is O=C(Nc1ccn[nH]1)c1ccc(S(=O)(=O)N2CCOCC2)o1. The zero-order valence-electron chi connectivity index (χ0n) is 11.5. The Balaban J connectivity index is 1.76. The molecule has 1 aliphatic heterocycles. The van der Waals surface area contributed by atoms with Gasteiger partial charge in [-0.3, -0.25) is 9.89 Å². The molecule has 0 atom stereocenters. The molecule has 3 rings (SSSR count). The molecule has 0 aromatic carbocycles. The number of H-pyrrole nitrogens is 1. The number of amides is 1. The van der Waals surface area contributed by atoms with Gasteiger partial charge >= 0.3 is 0 Å². The Morgan fingerprint density at radius 3 is 2.73 bits per heavy atom. The van der Waals surface area contributed by atoms with Crippen LogP contribution in [0, 0.1) is 0 Å². The fourth-order valence-corrected chi connectivity index (χ4v) is 3.32. The van der Waals surface area contributed by atoms with Crippen LogP contribution >= 0.6 is 0 Å². The highest BCUT2D eigenvalue weighted by Gasteiger charge is 2.30. The van der Waals surface area contributed by atoms with Gasteiger partial charge in [0.2, 0.25) is 5.09 Å². The van der Waals surface area contributed by atoms with Crippen molar-refractivity contribution >= 4 is 21.7 Å². The molecule has 2 N–H and O–H groups in total. The van der Waals surface area contributed by atoms with Crippen LogP contribution in [-0.4, -0.2) is 55.1 Å². The first-order valence-electron chi connectivity index (χ1n) is 6.56. The minimum atomic E-state index is -3.75. The van der Waals surface area contributed by atoms with Crippen LogP contribution in [0.4, 0.5) is 5.82 Å². The lowest BCUT2D eigenvalue weighted by Crippen LogP contribution is -2.40. The number of hydrogen-bond donors (Lipinski definition) is 2. The van der Waals surface area contributed by atoms with Crippen LogP contribution in [0.25, 0.3) is 0 Å². The Labute approximate surface area is 126 Å². The van der Waals surface area contributed by atoms with E-state index in [-0.39, 0.29) is 23.9 Å². The number of anilines is 1. The number of ether oxygens (including phenoxy) is 1. The number of furan rings is 1. The molecule has 10 heteroatoms. The number of sulfonamides is 1. The summed E-state index contributed by atoms with van der Waals surface area (Å²) in [6.45, 7) is 1.21. The van der Waals surface area contributed by atoms with Gasteiger partial charge in [0.25, 0.3) is 15.9 Å². The molecule has 1 saturated heterocycles. The summed E-state index contributed by atoms with van der Waals surface area (Å²) in [5, 5.41) is 8.50. The Morgan fingerprint density at radius 2 is 2.05 bits per heavy atom. The van der Waals surface area contributed by atoms with E-state index < -0.39 is 15.9 Å². The third-order valence-electron chi connectivity index (χ3n) is 3.12. The molecule has 2 aromatic rings. The molecule has 1 fully saturated rings. The maximum absolute atomic E-state index is 12.4. The molecule has 0 spiro atoms. The van der Waals surface area contributed by atoms with Crippen molar-refractivity contribution in [1.82, 2.24) is 14.5 Å². The minimum absolute atomic E-state index is 0.0959. The van der Waals surface area contributed by atoms with Crippen molar-refractivity contribution < 1.29 is 22.4 Å². The number of morpholine rings is 1. The molecular formula is C12H14N4O5S. The number of aromatic nitrogens is 2. The first kappa shape index (κ1) is 14.8. The zero-order valence-corrected chi connectivity index (χ0v) is 12.3. The number of carbonyl (C=O) groups is 1. The van der Waals surface area contributed by atoms with Crippen molar-refractivity contribution in [2.45, 2.75) is 5.09 Å². The molecule has 3 heterocycles. The van der Waals surface area contributed by atoms with Crippen LogP contribution in [0.3, 0.4) is 0 Å². The van der Waals surface area contributed by atoms with Crippen molar-refractivity contribution in [2.75, 3.05) is 31.6 Å². The molecule has 0 unspecified atom stereocenters. The number of nitrogens with one attached hydrogen (secondary N) is 2. The van der Waals surface area contributed by atoms with E-state index in [2.05, 4.69) is 15.5 Å². The predicted octanol–water partition coefficient (Wildman–Crippen LogP) is 0.276. The predicted molar refractivity (Wildman–Crippen MR) is 74.8 cm³/mol. The van der Waals surface area contributed by atoms with Gasteiger partial charge in [-0.05, 0) is 12.1 Å². The van der Waals surface area contributed by atoms with Crippen LogP contribution < -0.4 is 5.32 Å². The molecule has 0 saturated carbocycles. The highest BCUT2D eigenvalue weighted by molar-refractivity contribution is 7.89. The van der Waals surface area contributed by atoms with E-state index in [9.17, 15) is 13.2 Å². The molecule has 0 bridgehead atoms. The Kier molecular flexibility index (Phi) is 3.96. The van der Waals surface area contributed by atoms with E-state index in [0.717, 1.165) is 0 Å². The van der Waals surface area contributed by atoms with E-state index >= 15 is 0 Å². The van der Waals surface area contributed by atoms with Crippen LogP contribution in [0.2, 0.25) is 0 Å². The molecule has 22 heavy (non-hydrogen) atoms. The standard InChI is InChI=1S/C12H14N4O5S/c17-12(14-10-3-4-13-15-10)9-1-2-11(21-9)22(18,19)16-5-7-20-8-6-16/h1-4H,5-8H2,(H2,13,14,15,17). The van der Waals surface area contributed by atoms with E-state index in [1.807, 2.05) is 0 Å². The highest BCUT2D eigenvalue weighted by atomic mass is 32.2. The summed E-state index contributed by atoms with van der Waals surface area (Å²) in [6.07, 6.45) is 1.48. The fourth-order valence-electron chi connectivity index (χ4n) is 2.00. The first-order valence-corrected chi connectivity index (χ1v) is 8.00. The lowest BCUT2D eigenvalue weighted by molar-refractivity contribution is 0.0723. The van der Waals surface area contributed by atoms with Crippen LogP contribution in [0.1, 0.15) is 10.6 Å². The van der Waals surface area contributed by atoms with Gasteiger partial charge < -0.3 is 14.5 Å². The highest BCUT2D eigenvalue weighted by Crippen LogP contribution is 2.20. The average Bonchev–Trinajstić information content (AvgIpc) is 3.19. The molecule has 0 radical (unpaired) electrons. The van der Waals surface area contributed by atoms with Gasteiger partial charge in [-0.2, -0.15) is 9.40 Å². The number of hydrogen-bond acceptors (Lipinski definition) is 6. The molecule has 9 nitrogen and oxygen atoms in total. The fraction of sp³-hybridized carbons (Fsp3) is 0.333. The molecule has 1 amide bonds. The third kappa shape index (κ3) is 2.89. The lowest BCUT2D eigenvalue weighted by Gasteiger charge is -2.24. The number of nitrogens with zero attached hydrogens (tertiary/aromatic N) is 2. The first-order chi connectivity index (χ1) is 10.6. The Morgan fingerprint density at radius 1 is 1.27 bits per heavy atom.